The van der Waals surface area contributed by atoms with Crippen LogP contribution in [0.15, 0.2) is 182 Å². The highest BCUT2D eigenvalue weighted by atomic mass is 15.0. The minimum atomic E-state index is 0.646. The number of hydrogen-bond acceptors (Lipinski definition) is 4. The Morgan fingerprint density at radius 3 is 1.10 bits per heavy atom. The highest BCUT2D eigenvalue weighted by Crippen LogP contribution is 2.37. The van der Waals surface area contributed by atoms with E-state index in [1.165, 1.54) is 38.6 Å². The normalized spacial score (nSPS) is 11.2. The molecular weight excluding hydrogens is 609 g/mol. The van der Waals surface area contributed by atoms with Gasteiger partial charge in [-0.15, -0.1) is 0 Å². The molecule has 9 aromatic rings. The Bertz CT molecular complexity index is 2550. The Morgan fingerprint density at radius 2 is 0.620 bits per heavy atom. The molecule has 0 saturated heterocycles. The molecule has 0 fully saturated rings. The second-order valence-electron chi connectivity index (χ2n) is 12.3. The van der Waals surface area contributed by atoms with Crippen molar-refractivity contribution in [1.29, 1.82) is 0 Å². The van der Waals surface area contributed by atoms with E-state index in [1.54, 1.807) is 0 Å². The summed E-state index contributed by atoms with van der Waals surface area (Å²) in [6.07, 6.45) is 1.89. The molecule has 50 heavy (non-hydrogen) atoms. The molecule has 0 spiro atoms. The van der Waals surface area contributed by atoms with Gasteiger partial charge in [0.05, 0.1) is 5.52 Å². The summed E-state index contributed by atoms with van der Waals surface area (Å²) in [5, 5.41) is 3.58. The van der Waals surface area contributed by atoms with Crippen molar-refractivity contribution in [1.82, 2.24) is 19.9 Å². The van der Waals surface area contributed by atoms with Crippen molar-refractivity contribution in [2.75, 3.05) is 0 Å². The van der Waals surface area contributed by atoms with Gasteiger partial charge in [-0.2, -0.15) is 0 Å². The molecular formula is C46H30N4. The van der Waals surface area contributed by atoms with Gasteiger partial charge in [-0.3, -0.25) is 4.98 Å². The Hall–Kier alpha value is -6.78. The molecule has 9 rings (SSSR count). The van der Waals surface area contributed by atoms with E-state index in [9.17, 15) is 0 Å². The lowest BCUT2D eigenvalue weighted by Crippen LogP contribution is -2.00. The molecule has 0 unspecified atom stereocenters. The number of hydrogen-bond donors (Lipinski definition) is 0. The number of benzene rings is 7. The SMILES string of the molecule is c1ccc(-c2nc(-c3ccccc3)nc(-c3ccc(-c4ccc(-c5ccc(-c6ccnc7ccccc67)cc5)c5ccccc45)cc3)n2)cc1. The minimum absolute atomic E-state index is 0.646. The summed E-state index contributed by atoms with van der Waals surface area (Å²) in [5.41, 5.74) is 10.9. The Kier molecular flexibility index (Phi) is 7.45. The van der Waals surface area contributed by atoms with Crippen LogP contribution in [-0.2, 0) is 0 Å². The average molecular weight is 639 g/mol. The Balaban J connectivity index is 1.07. The maximum absolute atomic E-state index is 4.91. The predicted molar refractivity (Wildman–Crippen MR) is 205 cm³/mol. The Morgan fingerprint density at radius 1 is 0.260 bits per heavy atom. The van der Waals surface area contributed by atoms with Gasteiger partial charge in [-0.05, 0) is 56.3 Å². The third-order valence-electron chi connectivity index (χ3n) is 9.23. The average Bonchev–Trinajstić information content (AvgIpc) is 3.21. The van der Waals surface area contributed by atoms with Gasteiger partial charge >= 0.3 is 0 Å². The monoisotopic (exact) mass is 638 g/mol. The number of nitrogens with zero attached hydrogens (tertiary/aromatic N) is 4. The van der Waals surface area contributed by atoms with Gasteiger partial charge in [-0.25, -0.2) is 15.0 Å². The van der Waals surface area contributed by atoms with Gasteiger partial charge in [0.15, 0.2) is 17.5 Å². The first-order valence-corrected chi connectivity index (χ1v) is 16.7. The summed E-state index contributed by atoms with van der Waals surface area (Å²) in [6.45, 7) is 0. The lowest BCUT2D eigenvalue weighted by atomic mass is 9.91. The number of fused-ring (bicyclic) bond motifs is 2. The smallest absolute Gasteiger partial charge is 0.164 e. The molecule has 0 aliphatic rings. The summed E-state index contributed by atoms with van der Waals surface area (Å²) < 4.78 is 0. The van der Waals surface area contributed by atoms with E-state index >= 15 is 0 Å². The van der Waals surface area contributed by atoms with E-state index in [2.05, 4.69) is 114 Å². The number of pyridine rings is 1. The van der Waals surface area contributed by atoms with Crippen LogP contribution < -0.4 is 0 Å². The third-order valence-corrected chi connectivity index (χ3v) is 9.23. The molecule has 0 amide bonds. The predicted octanol–water partition coefficient (Wildman–Crippen LogP) is 11.6. The van der Waals surface area contributed by atoms with Crippen LogP contribution in [0.4, 0.5) is 0 Å². The van der Waals surface area contributed by atoms with E-state index < -0.39 is 0 Å². The lowest BCUT2D eigenvalue weighted by Gasteiger charge is -2.13. The van der Waals surface area contributed by atoms with Crippen molar-refractivity contribution in [2.24, 2.45) is 0 Å². The molecule has 7 aromatic carbocycles. The Labute approximate surface area is 290 Å². The molecule has 2 heterocycles. The highest BCUT2D eigenvalue weighted by Gasteiger charge is 2.14. The fraction of sp³-hybridized carbons (Fsp3) is 0. The van der Waals surface area contributed by atoms with Crippen LogP contribution in [0, 0.1) is 0 Å². The lowest BCUT2D eigenvalue weighted by molar-refractivity contribution is 1.07. The minimum Gasteiger partial charge on any atom is -0.256 e. The molecule has 0 bridgehead atoms. The van der Waals surface area contributed by atoms with E-state index in [1.807, 2.05) is 72.9 Å². The maximum atomic E-state index is 4.91. The van der Waals surface area contributed by atoms with Gasteiger partial charge in [0, 0.05) is 28.3 Å². The van der Waals surface area contributed by atoms with Crippen molar-refractivity contribution in [3.63, 3.8) is 0 Å². The van der Waals surface area contributed by atoms with Crippen molar-refractivity contribution in [3.05, 3.63) is 182 Å². The van der Waals surface area contributed by atoms with Crippen LogP contribution in [0.5, 0.6) is 0 Å². The molecule has 0 saturated carbocycles. The van der Waals surface area contributed by atoms with Crippen LogP contribution in [0.25, 0.3) is 89.2 Å². The summed E-state index contributed by atoms with van der Waals surface area (Å²) in [5.74, 6) is 1.96. The van der Waals surface area contributed by atoms with E-state index in [-0.39, 0.29) is 0 Å². The van der Waals surface area contributed by atoms with Crippen molar-refractivity contribution >= 4 is 21.7 Å². The number of rotatable bonds is 6. The molecule has 0 atom stereocenters. The van der Waals surface area contributed by atoms with Crippen molar-refractivity contribution in [3.8, 4) is 67.5 Å². The van der Waals surface area contributed by atoms with Crippen molar-refractivity contribution in [2.45, 2.75) is 0 Å². The zero-order chi connectivity index (χ0) is 33.3. The second-order valence-corrected chi connectivity index (χ2v) is 12.3. The molecule has 0 aliphatic heterocycles. The van der Waals surface area contributed by atoms with Crippen LogP contribution in [-0.4, -0.2) is 19.9 Å². The molecule has 0 aliphatic carbocycles. The van der Waals surface area contributed by atoms with E-state index in [4.69, 9.17) is 15.0 Å². The van der Waals surface area contributed by atoms with Crippen LogP contribution in [0.1, 0.15) is 0 Å². The fourth-order valence-corrected chi connectivity index (χ4v) is 6.72. The molecule has 0 radical (unpaired) electrons. The maximum Gasteiger partial charge on any atom is 0.164 e. The zero-order valence-electron chi connectivity index (χ0n) is 27.1. The summed E-state index contributed by atoms with van der Waals surface area (Å²) in [7, 11) is 0. The first-order valence-electron chi connectivity index (χ1n) is 16.7. The molecule has 4 heteroatoms. The van der Waals surface area contributed by atoms with Gasteiger partial charge in [0.25, 0.3) is 0 Å². The first kappa shape index (κ1) is 29.4. The summed E-state index contributed by atoms with van der Waals surface area (Å²) >= 11 is 0. The standard InChI is InChI=1S/C46H30N4/c1-3-11-34(12-4-1)44-48-45(35-13-5-2-6-14-35)50-46(49-44)36-25-23-32(24-26-36)38-28-27-37(40-15-7-8-16-41(38)40)31-19-21-33(22-20-31)39-29-30-47-43-18-10-9-17-42(39)43/h1-30H. The quantitative estimate of drug-likeness (QED) is 0.182. The van der Waals surface area contributed by atoms with E-state index in [0.717, 1.165) is 33.2 Å². The van der Waals surface area contributed by atoms with Crippen LogP contribution >= 0.6 is 0 Å². The molecule has 2 aromatic heterocycles. The van der Waals surface area contributed by atoms with Gasteiger partial charge in [0.1, 0.15) is 0 Å². The largest absolute Gasteiger partial charge is 0.256 e. The molecule has 4 nitrogen and oxygen atoms in total. The highest BCUT2D eigenvalue weighted by molar-refractivity contribution is 6.05. The summed E-state index contributed by atoms with van der Waals surface area (Å²) in [4.78, 5) is 19.2. The zero-order valence-corrected chi connectivity index (χ0v) is 27.1. The van der Waals surface area contributed by atoms with Crippen LogP contribution in [0.3, 0.4) is 0 Å². The number of para-hydroxylation sites is 1. The third kappa shape index (κ3) is 5.49. The van der Waals surface area contributed by atoms with Crippen LogP contribution in [0.2, 0.25) is 0 Å². The fourth-order valence-electron chi connectivity index (χ4n) is 6.72. The topological polar surface area (TPSA) is 51.6 Å². The molecule has 234 valence electrons. The van der Waals surface area contributed by atoms with Gasteiger partial charge in [-0.1, -0.05) is 164 Å². The van der Waals surface area contributed by atoms with Gasteiger partial charge in [0.2, 0.25) is 0 Å². The van der Waals surface area contributed by atoms with Crippen molar-refractivity contribution < 1.29 is 0 Å². The first-order chi connectivity index (χ1) is 24.8. The molecule has 0 N–H and O–H groups in total. The summed E-state index contributed by atoms with van der Waals surface area (Å²) in [6, 6.07) is 61.1. The second kappa shape index (κ2) is 12.7. The number of aromatic nitrogens is 4. The van der Waals surface area contributed by atoms with Gasteiger partial charge < -0.3 is 0 Å². The van der Waals surface area contributed by atoms with E-state index in [0.29, 0.717) is 17.5 Å².